The summed E-state index contributed by atoms with van der Waals surface area (Å²) in [4.78, 5) is 13.0. The summed E-state index contributed by atoms with van der Waals surface area (Å²) < 4.78 is 37.3. The van der Waals surface area contributed by atoms with Crippen molar-refractivity contribution in [2.45, 2.75) is 28.0 Å². The first-order valence-corrected chi connectivity index (χ1v) is 18.6. The van der Waals surface area contributed by atoms with Crippen LogP contribution in [0, 0.1) is 10.1 Å². The number of rotatable bonds is 12. The van der Waals surface area contributed by atoms with E-state index in [0.29, 0.717) is 13.2 Å². The van der Waals surface area contributed by atoms with E-state index in [2.05, 4.69) is 75.9 Å². The molecule has 2 aliphatic heterocycles. The van der Waals surface area contributed by atoms with Crippen LogP contribution < -0.4 is 0 Å². The summed E-state index contributed by atoms with van der Waals surface area (Å²) in [6, 6.07) is 44.0. The molecule has 5 aromatic rings. The molecule has 2 fully saturated rings. The van der Waals surface area contributed by atoms with Crippen molar-refractivity contribution in [1.29, 1.82) is 0 Å². The molecule has 7 rings (SSSR count). The van der Waals surface area contributed by atoms with Crippen LogP contribution in [0.4, 0.5) is 5.69 Å². The molecule has 1 spiro atoms. The van der Waals surface area contributed by atoms with E-state index in [1.807, 2.05) is 72.8 Å². The molecule has 2 aliphatic rings. The lowest BCUT2D eigenvalue weighted by Gasteiger charge is -2.70. The number of hydrogen-bond donors (Lipinski definition) is 0. The molecule has 0 unspecified atom stereocenters. The van der Waals surface area contributed by atoms with Gasteiger partial charge in [-0.25, -0.2) is 8.42 Å². The van der Waals surface area contributed by atoms with E-state index in [4.69, 9.17) is 4.74 Å². The van der Waals surface area contributed by atoms with Crippen LogP contribution in [0.1, 0.15) is 28.2 Å². The molecule has 8 nitrogen and oxygen atoms in total. The van der Waals surface area contributed by atoms with E-state index in [9.17, 15) is 18.5 Å². The van der Waals surface area contributed by atoms with Crippen molar-refractivity contribution in [3.05, 3.63) is 189 Å². The van der Waals surface area contributed by atoms with Gasteiger partial charge in [0.25, 0.3) is 5.69 Å². The van der Waals surface area contributed by atoms with Crippen molar-refractivity contribution in [2.75, 3.05) is 26.2 Å². The molecular formula is C40H36BrN3O5S. The van der Waals surface area contributed by atoms with Gasteiger partial charge in [-0.1, -0.05) is 125 Å². The third kappa shape index (κ3) is 5.80. The molecule has 0 amide bonds. The second-order valence-corrected chi connectivity index (χ2v) is 15.6. The van der Waals surface area contributed by atoms with Gasteiger partial charge in [0.15, 0.2) is 0 Å². The number of ether oxygens (including phenoxy) is 1. The highest BCUT2D eigenvalue weighted by Crippen LogP contribution is 2.56. The lowest BCUT2D eigenvalue weighted by Crippen LogP contribution is -2.85. The van der Waals surface area contributed by atoms with Crippen molar-refractivity contribution < 1.29 is 18.1 Å². The molecule has 2 heterocycles. The van der Waals surface area contributed by atoms with Gasteiger partial charge in [-0.2, -0.15) is 4.31 Å². The van der Waals surface area contributed by atoms with Crippen molar-refractivity contribution in [1.82, 2.24) is 9.21 Å². The number of nitro groups is 1. The Balaban J connectivity index is 1.26. The van der Waals surface area contributed by atoms with Crippen LogP contribution in [0.25, 0.3) is 0 Å². The highest BCUT2D eigenvalue weighted by atomic mass is 79.9. The van der Waals surface area contributed by atoms with Crippen LogP contribution in [0.5, 0.6) is 0 Å². The van der Waals surface area contributed by atoms with E-state index >= 15 is 0 Å². The molecule has 2 atom stereocenters. The van der Waals surface area contributed by atoms with Crippen molar-refractivity contribution in [3.8, 4) is 0 Å². The fourth-order valence-corrected chi connectivity index (χ4v) is 9.62. The zero-order valence-electron chi connectivity index (χ0n) is 27.2. The zero-order chi connectivity index (χ0) is 34.9. The monoisotopic (exact) mass is 749 g/mol. The van der Waals surface area contributed by atoms with Gasteiger partial charge in [0, 0.05) is 48.2 Å². The summed E-state index contributed by atoms with van der Waals surface area (Å²) in [6.07, 6.45) is 1.86. The topological polar surface area (TPSA) is 93.0 Å². The lowest BCUT2D eigenvalue weighted by molar-refractivity contribution is -0.384. The first-order chi connectivity index (χ1) is 24.2. The molecule has 5 aromatic carbocycles. The molecule has 0 saturated carbocycles. The predicted octanol–water partition coefficient (Wildman–Crippen LogP) is 7.76. The summed E-state index contributed by atoms with van der Waals surface area (Å²) in [6.45, 7) is 5.48. The van der Waals surface area contributed by atoms with E-state index in [1.165, 1.54) is 28.6 Å². The Morgan fingerprint density at radius 3 is 1.78 bits per heavy atom. The van der Waals surface area contributed by atoms with E-state index in [1.54, 1.807) is 0 Å². The molecule has 0 aromatic heterocycles. The second kappa shape index (κ2) is 13.7. The summed E-state index contributed by atoms with van der Waals surface area (Å²) in [7, 11) is -3.88. The van der Waals surface area contributed by atoms with E-state index in [0.717, 1.165) is 26.7 Å². The molecule has 0 bridgehead atoms. The van der Waals surface area contributed by atoms with Gasteiger partial charge in [-0.3, -0.25) is 15.0 Å². The summed E-state index contributed by atoms with van der Waals surface area (Å²) in [5, 5.41) is 11.2. The minimum Gasteiger partial charge on any atom is -0.359 e. The molecule has 2 saturated heterocycles. The van der Waals surface area contributed by atoms with Gasteiger partial charge in [0.05, 0.1) is 22.0 Å². The van der Waals surface area contributed by atoms with Gasteiger partial charge in [0.1, 0.15) is 5.60 Å². The summed E-state index contributed by atoms with van der Waals surface area (Å²) in [5.74, 6) is -0.0566. The quantitative estimate of drug-likeness (QED) is 0.0561. The summed E-state index contributed by atoms with van der Waals surface area (Å²) in [5.41, 5.74) is 2.54. The molecular weight excluding hydrogens is 714 g/mol. The maximum absolute atomic E-state index is 13.8. The predicted molar refractivity (Wildman–Crippen MR) is 197 cm³/mol. The SMILES string of the molecule is C=CCN1[C@H](COC(c2ccccc2)(c2ccccc2)c2ccccc2)[C@H](c2ccc(Br)cc2)C12CN(S(=O)(=O)c1ccc([N+](=O)[O-])cc1)C2. The van der Waals surface area contributed by atoms with Gasteiger partial charge < -0.3 is 4.74 Å². The molecule has 0 aliphatic carbocycles. The van der Waals surface area contributed by atoms with Gasteiger partial charge in [0.2, 0.25) is 10.0 Å². The molecule has 10 heteroatoms. The zero-order valence-corrected chi connectivity index (χ0v) is 29.6. The van der Waals surface area contributed by atoms with Crippen LogP contribution in [0.3, 0.4) is 0 Å². The average Bonchev–Trinajstić information content (AvgIpc) is 3.12. The maximum atomic E-state index is 13.8. The highest BCUT2D eigenvalue weighted by Gasteiger charge is 2.67. The van der Waals surface area contributed by atoms with Gasteiger partial charge >= 0.3 is 0 Å². The Hall–Kier alpha value is -4.45. The Labute approximate surface area is 301 Å². The molecule has 254 valence electrons. The minimum atomic E-state index is -3.88. The van der Waals surface area contributed by atoms with Crippen molar-refractivity contribution >= 4 is 31.6 Å². The van der Waals surface area contributed by atoms with Crippen molar-refractivity contribution in [2.24, 2.45) is 0 Å². The number of sulfonamides is 1. The van der Waals surface area contributed by atoms with Gasteiger partial charge in [-0.05, 0) is 46.5 Å². The Morgan fingerprint density at radius 1 is 0.820 bits per heavy atom. The van der Waals surface area contributed by atoms with Crippen LogP contribution in [-0.4, -0.2) is 60.4 Å². The fourth-order valence-electron chi connectivity index (χ4n) is 7.79. The van der Waals surface area contributed by atoms with Crippen LogP contribution in [-0.2, 0) is 20.4 Å². The Morgan fingerprint density at radius 2 is 1.32 bits per heavy atom. The van der Waals surface area contributed by atoms with E-state index in [-0.39, 0.29) is 35.6 Å². The van der Waals surface area contributed by atoms with E-state index < -0.39 is 26.1 Å². The summed E-state index contributed by atoms with van der Waals surface area (Å²) >= 11 is 3.58. The first kappa shape index (κ1) is 34.0. The standard InChI is InChI=1S/C40H36BrN3O5S/c1-2-26-43-37(27-49-40(31-12-6-3-7-13-31,32-14-8-4-9-15-32)33-16-10-5-11-17-33)38(30-18-20-34(41)21-19-30)39(43)28-42(29-39)50(47,48)36-24-22-35(23-25-36)44(45)46/h2-25,37-38H,1,26-29H2/t37-,38+/m1/s1. The molecule has 0 N–H and O–H groups in total. The Kier molecular flexibility index (Phi) is 9.32. The normalized spacial score (nSPS) is 19.0. The minimum absolute atomic E-state index is 0.0333. The third-order valence-electron chi connectivity index (χ3n) is 10.1. The Bertz CT molecular complexity index is 1980. The second-order valence-electron chi connectivity index (χ2n) is 12.8. The number of nitro benzene ring substituents is 1. The number of non-ortho nitro benzene ring substituents is 1. The lowest BCUT2D eigenvalue weighted by atomic mass is 9.61. The highest BCUT2D eigenvalue weighted by molar-refractivity contribution is 9.10. The maximum Gasteiger partial charge on any atom is 0.269 e. The smallest absolute Gasteiger partial charge is 0.269 e. The average molecular weight is 751 g/mol. The van der Waals surface area contributed by atoms with Crippen LogP contribution in [0.2, 0.25) is 0 Å². The molecule has 50 heavy (non-hydrogen) atoms. The number of hydrogen-bond acceptors (Lipinski definition) is 6. The molecule has 0 radical (unpaired) electrons. The van der Waals surface area contributed by atoms with Crippen LogP contribution >= 0.6 is 15.9 Å². The number of benzene rings is 5. The first-order valence-electron chi connectivity index (χ1n) is 16.4. The van der Waals surface area contributed by atoms with Crippen LogP contribution in [0.15, 0.2) is 162 Å². The largest absolute Gasteiger partial charge is 0.359 e. The number of likely N-dealkylation sites (tertiary alicyclic amines) is 1. The number of nitrogens with zero attached hydrogens (tertiary/aromatic N) is 3. The fraction of sp³-hybridized carbons (Fsp3) is 0.200. The van der Waals surface area contributed by atoms with Gasteiger partial charge in [-0.15, -0.1) is 6.58 Å². The number of halogens is 1. The van der Waals surface area contributed by atoms with Crippen molar-refractivity contribution in [3.63, 3.8) is 0 Å². The third-order valence-corrected chi connectivity index (χ3v) is 12.4.